The first kappa shape index (κ1) is 17.3. The molecule has 1 amide bonds. The number of primary amides is 1. The molecule has 0 bridgehead atoms. The van der Waals surface area contributed by atoms with E-state index in [0.29, 0.717) is 6.61 Å². The highest BCUT2D eigenvalue weighted by molar-refractivity contribution is 5.78. The molecule has 0 aliphatic carbocycles. The number of nitrogens with two attached hydrogens (primary N) is 1. The van der Waals surface area contributed by atoms with Gasteiger partial charge in [-0.1, -0.05) is 26.2 Å². The van der Waals surface area contributed by atoms with Crippen LogP contribution in [0.1, 0.15) is 32.6 Å². The van der Waals surface area contributed by atoms with Gasteiger partial charge in [0.25, 0.3) is 0 Å². The summed E-state index contributed by atoms with van der Waals surface area (Å²) in [5, 5.41) is 21.4. The predicted octanol–water partition coefficient (Wildman–Crippen LogP) is -0.620. The second kappa shape index (κ2) is 11.4. The molecule has 0 aliphatic heterocycles. The van der Waals surface area contributed by atoms with Gasteiger partial charge in [-0.3, -0.25) is 4.79 Å². The van der Waals surface area contributed by atoms with Crippen molar-refractivity contribution in [2.24, 2.45) is 5.73 Å². The maximum atomic E-state index is 10.5. The zero-order valence-corrected chi connectivity index (χ0v) is 11.1. The molecule has 0 fully saturated rings. The van der Waals surface area contributed by atoms with Crippen LogP contribution in [-0.4, -0.2) is 54.6 Å². The molecule has 0 aliphatic rings. The van der Waals surface area contributed by atoms with Crippen molar-refractivity contribution < 1.29 is 19.7 Å². The molecular weight excluding hydrogens is 236 g/mol. The van der Waals surface area contributed by atoms with Crippen LogP contribution in [0.15, 0.2) is 0 Å². The quantitative estimate of drug-likeness (QED) is 0.351. The van der Waals surface area contributed by atoms with Crippen LogP contribution in [0.5, 0.6) is 0 Å². The Bertz CT molecular complexity index is 214. The van der Waals surface area contributed by atoms with Gasteiger partial charge in [0.2, 0.25) is 5.91 Å². The van der Waals surface area contributed by atoms with Crippen molar-refractivity contribution in [1.29, 1.82) is 0 Å². The minimum absolute atomic E-state index is 0.0445. The van der Waals surface area contributed by atoms with Crippen molar-refractivity contribution in [2.45, 2.75) is 44.8 Å². The monoisotopic (exact) mass is 262 g/mol. The highest BCUT2D eigenvalue weighted by Gasteiger charge is 2.11. The summed E-state index contributed by atoms with van der Waals surface area (Å²) in [6, 6.07) is 0. The molecule has 6 heteroatoms. The van der Waals surface area contributed by atoms with Crippen LogP contribution in [0.2, 0.25) is 0 Å². The van der Waals surface area contributed by atoms with E-state index in [2.05, 4.69) is 12.2 Å². The van der Waals surface area contributed by atoms with E-state index in [4.69, 9.17) is 15.6 Å². The Balaban J connectivity index is 3.32. The third kappa shape index (κ3) is 10.5. The Labute approximate surface area is 109 Å². The Hall–Kier alpha value is -0.690. The van der Waals surface area contributed by atoms with Gasteiger partial charge in [-0.15, -0.1) is 0 Å². The summed E-state index contributed by atoms with van der Waals surface area (Å²) < 4.78 is 5.30. The lowest BCUT2D eigenvalue weighted by molar-refractivity contribution is -0.125. The van der Waals surface area contributed by atoms with Crippen LogP contribution in [0.3, 0.4) is 0 Å². The van der Waals surface area contributed by atoms with Gasteiger partial charge < -0.3 is 26.0 Å². The molecule has 0 aromatic carbocycles. The summed E-state index contributed by atoms with van der Waals surface area (Å²) in [5.74, 6) is -0.774. The Kier molecular flexibility index (Phi) is 11.0. The summed E-state index contributed by atoms with van der Waals surface area (Å²) in [6.45, 7) is 3.37. The van der Waals surface area contributed by atoms with Crippen molar-refractivity contribution in [3.8, 4) is 0 Å². The molecule has 18 heavy (non-hydrogen) atoms. The zero-order chi connectivity index (χ0) is 13.8. The van der Waals surface area contributed by atoms with Gasteiger partial charge >= 0.3 is 0 Å². The maximum absolute atomic E-state index is 10.5. The smallest absolute Gasteiger partial charge is 0.247 e. The van der Waals surface area contributed by atoms with Gasteiger partial charge in [0.15, 0.2) is 0 Å². The molecular formula is C12H26N2O4. The van der Waals surface area contributed by atoms with E-state index < -0.39 is 18.1 Å². The number of rotatable bonds is 12. The SMILES string of the molecule is CCCCCCOCC(O)CNCC(O)C(N)=O. The first-order valence-corrected chi connectivity index (χ1v) is 6.51. The summed E-state index contributed by atoms with van der Waals surface area (Å²) >= 11 is 0. The molecule has 2 unspecified atom stereocenters. The van der Waals surface area contributed by atoms with E-state index >= 15 is 0 Å². The molecule has 0 aromatic heterocycles. The van der Waals surface area contributed by atoms with Gasteiger partial charge in [-0.25, -0.2) is 0 Å². The van der Waals surface area contributed by atoms with E-state index in [1.807, 2.05) is 0 Å². The van der Waals surface area contributed by atoms with Crippen LogP contribution in [0.25, 0.3) is 0 Å². The van der Waals surface area contributed by atoms with Crippen molar-refractivity contribution in [3.05, 3.63) is 0 Å². The number of hydrogen-bond acceptors (Lipinski definition) is 5. The van der Waals surface area contributed by atoms with Crippen molar-refractivity contribution in [2.75, 3.05) is 26.3 Å². The number of unbranched alkanes of at least 4 members (excludes halogenated alkanes) is 3. The van der Waals surface area contributed by atoms with E-state index in [1.165, 1.54) is 12.8 Å². The molecule has 0 rings (SSSR count). The molecule has 5 N–H and O–H groups in total. The number of nitrogens with one attached hydrogen (secondary N) is 1. The first-order chi connectivity index (χ1) is 8.57. The van der Waals surface area contributed by atoms with Gasteiger partial charge in [-0.2, -0.15) is 0 Å². The van der Waals surface area contributed by atoms with Crippen LogP contribution in [0, 0.1) is 0 Å². The molecule has 0 spiro atoms. The minimum atomic E-state index is -1.22. The number of hydrogen-bond donors (Lipinski definition) is 4. The highest BCUT2D eigenvalue weighted by Crippen LogP contribution is 1.99. The Morgan fingerprint density at radius 3 is 2.61 bits per heavy atom. The minimum Gasteiger partial charge on any atom is -0.389 e. The second-order valence-corrected chi connectivity index (χ2v) is 4.37. The molecule has 0 saturated heterocycles. The van der Waals surface area contributed by atoms with Crippen LogP contribution in [0.4, 0.5) is 0 Å². The van der Waals surface area contributed by atoms with Crippen LogP contribution in [-0.2, 0) is 9.53 Å². The topological polar surface area (TPSA) is 105 Å². The molecule has 0 saturated carbocycles. The third-order valence-electron chi connectivity index (χ3n) is 2.50. The number of ether oxygens (including phenoxy) is 1. The molecule has 0 radical (unpaired) electrons. The summed E-state index contributed by atoms with van der Waals surface area (Å²) in [4.78, 5) is 10.5. The van der Waals surface area contributed by atoms with E-state index in [0.717, 1.165) is 12.8 Å². The van der Waals surface area contributed by atoms with Gasteiger partial charge in [0.1, 0.15) is 6.10 Å². The summed E-state index contributed by atoms with van der Waals surface area (Å²) in [7, 11) is 0. The third-order valence-corrected chi connectivity index (χ3v) is 2.50. The second-order valence-electron chi connectivity index (χ2n) is 4.37. The van der Waals surface area contributed by atoms with Crippen molar-refractivity contribution in [1.82, 2.24) is 5.32 Å². The lowest BCUT2D eigenvalue weighted by Gasteiger charge is -2.13. The molecule has 0 aromatic rings. The molecule has 2 atom stereocenters. The number of carbonyl (C=O) groups is 1. The maximum Gasteiger partial charge on any atom is 0.247 e. The highest BCUT2D eigenvalue weighted by atomic mass is 16.5. The first-order valence-electron chi connectivity index (χ1n) is 6.51. The number of aliphatic hydroxyl groups is 2. The fourth-order valence-corrected chi connectivity index (χ4v) is 1.40. The van der Waals surface area contributed by atoms with Gasteiger partial charge in [0, 0.05) is 19.7 Å². The largest absolute Gasteiger partial charge is 0.389 e. The van der Waals surface area contributed by atoms with Crippen LogP contribution >= 0.6 is 0 Å². The lowest BCUT2D eigenvalue weighted by atomic mass is 10.2. The summed E-state index contributed by atoms with van der Waals surface area (Å²) in [6.07, 6.45) is 2.69. The van der Waals surface area contributed by atoms with E-state index in [1.54, 1.807) is 0 Å². The van der Waals surface area contributed by atoms with Gasteiger partial charge in [0.05, 0.1) is 12.7 Å². The van der Waals surface area contributed by atoms with E-state index in [9.17, 15) is 9.90 Å². The Morgan fingerprint density at radius 2 is 2.00 bits per heavy atom. The zero-order valence-electron chi connectivity index (χ0n) is 11.1. The average molecular weight is 262 g/mol. The normalized spacial score (nSPS) is 14.4. The number of amides is 1. The van der Waals surface area contributed by atoms with Crippen LogP contribution < -0.4 is 11.1 Å². The van der Waals surface area contributed by atoms with Crippen molar-refractivity contribution >= 4 is 5.91 Å². The lowest BCUT2D eigenvalue weighted by Crippen LogP contribution is -2.41. The molecule has 108 valence electrons. The standard InChI is InChI=1S/C12H26N2O4/c1-2-3-4-5-6-18-9-10(15)7-14-8-11(16)12(13)17/h10-11,14-16H,2-9H2,1H3,(H2,13,17). The summed E-state index contributed by atoms with van der Waals surface area (Å²) in [5.41, 5.74) is 4.87. The molecule has 6 nitrogen and oxygen atoms in total. The Morgan fingerprint density at radius 1 is 1.28 bits per heavy atom. The average Bonchev–Trinajstić information content (AvgIpc) is 2.33. The van der Waals surface area contributed by atoms with Gasteiger partial charge in [-0.05, 0) is 6.42 Å². The fourth-order valence-electron chi connectivity index (χ4n) is 1.40. The number of aliphatic hydroxyl groups excluding tert-OH is 2. The fraction of sp³-hybridized carbons (Fsp3) is 0.917. The number of carbonyl (C=O) groups excluding carboxylic acids is 1. The predicted molar refractivity (Wildman–Crippen MR) is 69.0 cm³/mol. The van der Waals surface area contributed by atoms with E-state index in [-0.39, 0.29) is 19.7 Å². The van der Waals surface area contributed by atoms with Crippen molar-refractivity contribution in [3.63, 3.8) is 0 Å². The molecule has 0 heterocycles.